The SMILES string of the molecule is Cc1ccc2[nH]c3c(=O)n(CCN(C)C)ncc3c2c1. The second kappa shape index (κ2) is 4.76. The van der Waals surface area contributed by atoms with Gasteiger partial charge in [-0.2, -0.15) is 5.10 Å². The number of nitrogens with zero attached hydrogens (tertiary/aromatic N) is 3. The van der Waals surface area contributed by atoms with E-state index in [9.17, 15) is 4.79 Å². The normalized spacial score (nSPS) is 11.8. The number of hydrogen-bond acceptors (Lipinski definition) is 3. The van der Waals surface area contributed by atoms with E-state index in [-0.39, 0.29) is 5.56 Å². The van der Waals surface area contributed by atoms with Gasteiger partial charge in [0.2, 0.25) is 0 Å². The maximum Gasteiger partial charge on any atom is 0.291 e. The first-order chi connectivity index (χ1) is 9.56. The minimum atomic E-state index is -0.0572. The summed E-state index contributed by atoms with van der Waals surface area (Å²) < 4.78 is 1.52. The van der Waals surface area contributed by atoms with Crippen molar-refractivity contribution in [1.29, 1.82) is 0 Å². The molecule has 2 aromatic heterocycles. The molecule has 0 radical (unpaired) electrons. The van der Waals surface area contributed by atoms with Crippen molar-refractivity contribution in [3.63, 3.8) is 0 Å². The first-order valence-electron chi connectivity index (χ1n) is 6.69. The molecule has 20 heavy (non-hydrogen) atoms. The number of aromatic amines is 1. The summed E-state index contributed by atoms with van der Waals surface area (Å²) >= 11 is 0. The van der Waals surface area contributed by atoms with E-state index in [2.05, 4.69) is 16.1 Å². The number of fused-ring (bicyclic) bond motifs is 3. The topological polar surface area (TPSA) is 53.9 Å². The van der Waals surface area contributed by atoms with Crippen LogP contribution >= 0.6 is 0 Å². The lowest BCUT2D eigenvalue weighted by atomic mass is 10.1. The third kappa shape index (κ3) is 2.10. The van der Waals surface area contributed by atoms with Crippen molar-refractivity contribution in [2.24, 2.45) is 0 Å². The molecule has 0 aliphatic heterocycles. The van der Waals surface area contributed by atoms with Crippen LogP contribution in [0.25, 0.3) is 21.8 Å². The van der Waals surface area contributed by atoms with Crippen molar-refractivity contribution in [2.75, 3.05) is 20.6 Å². The van der Waals surface area contributed by atoms with Crippen LogP contribution in [-0.2, 0) is 6.54 Å². The number of rotatable bonds is 3. The summed E-state index contributed by atoms with van der Waals surface area (Å²) in [5.41, 5.74) is 2.74. The molecule has 0 bridgehead atoms. The lowest BCUT2D eigenvalue weighted by molar-refractivity contribution is 0.368. The monoisotopic (exact) mass is 270 g/mol. The van der Waals surface area contributed by atoms with Crippen LogP contribution in [0.4, 0.5) is 0 Å². The average molecular weight is 270 g/mol. The van der Waals surface area contributed by atoms with Crippen LogP contribution in [0.2, 0.25) is 0 Å². The first kappa shape index (κ1) is 12.9. The summed E-state index contributed by atoms with van der Waals surface area (Å²) in [6, 6.07) is 6.13. The van der Waals surface area contributed by atoms with Crippen molar-refractivity contribution in [2.45, 2.75) is 13.5 Å². The van der Waals surface area contributed by atoms with E-state index in [1.54, 1.807) is 6.20 Å². The molecular weight excluding hydrogens is 252 g/mol. The lowest BCUT2D eigenvalue weighted by Crippen LogP contribution is -2.28. The molecule has 1 N–H and O–H groups in total. The molecule has 0 aliphatic rings. The predicted molar refractivity (Wildman–Crippen MR) is 81.2 cm³/mol. The maximum absolute atomic E-state index is 12.4. The van der Waals surface area contributed by atoms with E-state index in [0.717, 1.165) is 22.8 Å². The largest absolute Gasteiger partial charge is 0.350 e. The molecule has 104 valence electrons. The van der Waals surface area contributed by atoms with Gasteiger partial charge in [-0.05, 0) is 33.2 Å². The van der Waals surface area contributed by atoms with Crippen LogP contribution in [-0.4, -0.2) is 40.3 Å². The smallest absolute Gasteiger partial charge is 0.291 e. The Balaban J connectivity index is 2.18. The number of benzene rings is 1. The number of nitrogens with one attached hydrogen (secondary N) is 1. The quantitative estimate of drug-likeness (QED) is 0.789. The van der Waals surface area contributed by atoms with Gasteiger partial charge < -0.3 is 9.88 Å². The van der Waals surface area contributed by atoms with Gasteiger partial charge in [0, 0.05) is 22.8 Å². The Morgan fingerprint density at radius 2 is 2.10 bits per heavy atom. The number of H-pyrrole nitrogens is 1. The Morgan fingerprint density at radius 3 is 2.85 bits per heavy atom. The van der Waals surface area contributed by atoms with Gasteiger partial charge in [-0.1, -0.05) is 11.6 Å². The van der Waals surface area contributed by atoms with Crippen molar-refractivity contribution >= 4 is 21.8 Å². The number of hydrogen-bond donors (Lipinski definition) is 1. The van der Waals surface area contributed by atoms with Crippen LogP contribution in [0, 0.1) is 6.92 Å². The summed E-state index contributed by atoms with van der Waals surface area (Å²) in [4.78, 5) is 17.7. The third-order valence-corrected chi connectivity index (χ3v) is 3.53. The van der Waals surface area contributed by atoms with Gasteiger partial charge in [-0.3, -0.25) is 4.79 Å². The van der Waals surface area contributed by atoms with Gasteiger partial charge in [0.25, 0.3) is 5.56 Å². The Bertz CT molecular complexity index is 829. The molecule has 0 aliphatic carbocycles. The highest BCUT2D eigenvalue weighted by Crippen LogP contribution is 2.23. The van der Waals surface area contributed by atoms with E-state index >= 15 is 0 Å². The zero-order valence-corrected chi connectivity index (χ0v) is 12.0. The van der Waals surface area contributed by atoms with Crippen molar-refractivity contribution in [1.82, 2.24) is 19.7 Å². The number of aromatic nitrogens is 3. The highest BCUT2D eigenvalue weighted by Gasteiger charge is 2.10. The van der Waals surface area contributed by atoms with E-state index in [1.807, 2.05) is 38.1 Å². The molecule has 0 saturated heterocycles. The maximum atomic E-state index is 12.4. The molecule has 1 aromatic carbocycles. The standard InChI is InChI=1S/C15H18N4O/c1-10-4-5-13-11(8-10)12-9-16-19(7-6-18(2)3)15(20)14(12)17-13/h4-5,8-9,17H,6-7H2,1-3H3. The predicted octanol–water partition coefficient (Wildman–Crippen LogP) is 1.75. The summed E-state index contributed by atoms with van der Waals surface area (Å²) in [5.74, 6) is 0. The summed E-state index contributed by atoms with van der Waals surface area (Å²) in [6.45, 7) is 3.43. The zero-order chi connectivity index (χ0) is 14.3. The molecule has 3 rings (SSSR count). The molecule has 0 amide bonds. The number of aryl methyl sites for hydroxylation is 1. The van der Waals surface area contributed by atoms with Gasteiger partial charge in [-0.25, -0.2) is 4.68 Å². The molecule has 0 atom stereocenters. The molecule has 0 spiro atoms. The van der Waals surface area contributed by atoms with Crippen LogP contribution in [0.3, 0.4) is 0 Å². The minimum absolute atomic E-state index is 0.0572. The van der Waals surface area contributed by atoms with Crippen molar-refractivity contribution in [3.8, 4) is 0 Å². The lowest BCUT2D eigenvalue weighted by Gasteiger charge is -2.09. The molecule has 0 fully saturated rings. The fraction of sp³-hybridized carbons (Fsp3) is 0.333. The zero-order valence-electron chi connectivity index (χ0n) is 12.0. The van der Waals surface area contributed by atoms with E-state index < -0.39 is 0 Å². The van der Waals surface area contributed by atoms with Crippen LogP contribution in [0.1, 0.15) is 5.56 Å². The molecule has 0 saturated carbocycles. The second-order valence-electron chi connectivity index (χ2n) is 5.44. The minimum Gasteiger partial charge on any atom is -0.350 e. The molecular formula is C15H18N4O. The Labute approximate surface area is 116 Å². The average Bonchev–Trinajstić information content (AvgIpc) is 2.77. The van der Waals surface area contributed by atoms with E-state index in [0.29, 0.717) is 12.1 Å². The number of likely N-dealkylation sites (N-methyl/N-ethyl adjacent to an activating group) is 1. The highest BCUT2D eigenvalue weighted by atomic mass is 16.1. The Hall–Kier alpha value is -2.14. The second-order valence-corrected chi connectivity index (χ2v) is 5.44. The molecule has 3 aromatic rings. The Kier molecular flexibility index (Phi) is 3.06. The molecule has 5 nitrogen and oxygen atoms in total. The molecule has 2 heterocycles. The fourth-order valence-corrected chi connectivity index (χ4v) is 2.39. The van der Waals surface area contributed by atoms with Gasteiger partial charge >= 0.3 is 0 Å². The summed E-state index contributed by atoms with van der Waals surface area (Å²) in [5, 5.41) is 6.25. The van der Waals surface area contributed by atoms with E-state index in [1.165, 1.54) is 10.2 Å². The van der Waals surface area contributed by atoms with E-state index in [4.69, 9.17) is 0 Å². The third-order valence-electron chi connectivity index (χ3n) is 3.53. The Morgan fingerprint density at radius 1 is 1.30 bits per heavy atom. The van der Waals surface area contributed by atoms with Gasteiger partial charge in [-0.15, -0.1) is 0 Å². The van der Waals surface area contributed by atoms with Gasteiger partial charge in [0.05, 0.1) is 12.7 Å². The van der Waals surface area contributed by atoms with Gasteiger partial charge in [0.15, 0.2) is 0 Å². The van der Waals surface area contributed by atoms with Crippen LogP contribution in [0.5, 0.6) is 0 Å². The van der Waals surface area contributed by atoms with Crippen molar-refractivity contribution in [3.05, 3.63) is 40.3 Å². The first-order valence-corrected chi connectivity index (χ1v) is 6.69. The summed E-state index contributed by atoms with van der Waals surface area (Å²) in [6.07, 6.45) is 1.78. The van der Waals surface area contributed by atoms with Gasteiger partial charge in [0.1, 0.15) is 5.52 Å². The molecule has 0 unspecified atom stereocenters. The van der Waals surface area contributed by atoms with Crippen LogP contribution in [0.15, 0.2) is 29.2 Å². The van der Waals surface area contributed by atoms with Crippen molar-refractivity contribution < 1.29 is 0 Å². The molecule has 5 heteroatoms. The summed E-state index contributed by atoms with van der Waals surface area (Å²) in [7, 11) is 3.96. The van der Waals surface area contributed by atoms with Crippen LogP contribution < -0.4 is 5.56 Å². The fourth-order valence-electron chi connectivity index (χ4n) is 2.39. The highest BCUT2D eigenvalue weighted by molar-refractivity contribution is 6.06.